The fraction of sp³-hybridized carbons (Fsp3) is 0.425. The zero-order valence-corrected chi connectivity index (χ0v) is 30.9. The van der Waals surface area contributed by atoms with Crippen molar-refractivity contribution in [1.82, 2.24) is 4.98 Å². The van der Waals surface area contributed by atoms with Crippen molar-refractivity contribution in [2.75, 3.05) is 0 Å². The molecule has 3 rings (SSSR count). The molecule has 0 bridgehead atoms. The molecule has 0 aliphatic heterocycles. The second-order valence-corrected chi connectivity index (χ2v) is 12.5. The molecule has 220 valence electrons. The summed E-state index contributed by atoms with van der Waals surface area (Å²) in [6.07, 6.45) is 19.0. The van der Waals surface area contributed by atoms with Crippen LogP contribution in [-0.4, -0.2) is 4.98 Å². The van der Waals surface area contributed by atoms with Crippen molar-refractivity contribution >= 4 is 22.8 Å². The molecule has 0 saturated carbocycles. The van der Waals surface area contributed by atoms with Gasteiger partial charge in [0.2, 0.25) is 0 Å². The standard InChI is InChI=1S/C40H53N.K/c1-10-14-15-18-34-28-35(20-21-37(34)36(11-2)33-22-24-40(12-3,13-4)25-23-33)38(27-30(7)26-29(5)6)32(9)39-19-16-17-31(8)41-39;/h11,16-22,27-29H,2-4,10,12-15,23-26H2,1,5-9H3;/q-2;+1/b30-27-,34-18-,37-36+,38-32-;. The number of hydrogen-bond donors (Lipinski definition) is 0. The molecule has 0 spiro atoms. The van der Waals surface area contributed by atoms with Gasteiger partial charge in [0.05, 0.1) is 5.69 Å². The molecular formula is C40H53KN-. The number of nitrogens with zero attached hydrogens (tertiary/aromatic N) is 1. The first-order valence-corrected chi connectivity index (χ1v) is 15.7. The van der Waals surface area contributed by atoms with E-state index in [1.807, 2.05) is 0 Å². The minimum absolute atomic E-state index is 0. The van der Waals surface area contributed by atoms with Gasteiger partial charge >= 0.3 is 51.4 Å². The van der Waals surface area contributed by atoms with E-state index in [1.165, 1.54) is 56.7 Å². The van der Waals surface area contributed by atoms with Crippen LogP contribution in [0.2, 0.25) is 0 Å². The molecule has 2 heteroatoms. The maximum absolute atomic E-state index is 4.89. The Balaban J connectivity index is 0.00000616. The molecule has 0 radical (unpaired) electrons. The van der Waals surface area contributed by atoms with Crippen LogP contribution in [0.15, 0.2) is 72.4 Å². The van der Waals surface area contributed by atoms with E-state index >= 15 is 0 Å². The molecule has 0 amide bonds. The van der Waals surface area contributed by atoms with Crippen LogP contribution in [0, 0.1) is 32.1 Å². The van der Waals surface area contributed by atoms with Crippen LogP contribution in [-0.2, 0) is 0 Å². The maximum atomic E-state index is 4.89. The third kappa shape index (κ3) is 9.86. The third-order valence-corrected chi connectivity index (χ3v) is 8.69. The molecule has 0 unspecified atom stereocenters. The predicted octanol–water partition coefficient (Wildman–Crippen LogP) is 7.17. The number of benzene rings is 1. The molecular weight excluding hydrogens is 534 g/mol. The summed E-state index contributed by atoms with van der Waals surface area (Å²) in [5, 5.41) is 2.59. The summed E-state index contributed by atoms with van der Waals surface area (Å²) < 4.78 is 0. The topological polar surface area (TPSA) is 12.9 Å². The molecule has 1 aliphatic carbocycles. The van der Waals surface area contributed by atoms with Crippen LogP contribution in [0.4, 0.5) is 0 Å². The van der Waals surface area contributed by atoms with Gasteiger partial charge in [0.1, 0.15) is 0 Å². The molecule has 1 nitrogen and oxygen atoms in total. The minimum Gasteiger partial charge on any atom is -0.343 e. The van der Waals surface area contributed by atoms with Crippen molar-refractivity contribution in [1.29, 1.82) is 0 Å². The van der Waals surface area contributed by atoms with Crippen LogP contribution in [0.3, 0.4) is 0 Å². The van der Waals surface area contributed by atoms with Crippen molar-refractivity contribution in [3.63, 3.8) is 0 Å². The van der Waals surface area contributed by atoms with E-state index in [1.54, 1.807) is 0 Å². The first-order chi connectivity index (χ1) is 19.7. The van der Waals surface area contributed by atoms with Gasteiger partial charge in [-0.15, -0.1) is 0 Å². The second kappa shape index (κ2) is 17.9. The number of pyridine rings is 1. The van der Waals surface area contributed by atoms with E-state index in [-0.39, 0.29) is 56.8 Å². The third-order valence-electron chi connectivity index (χ3n) is 8.69. The summed E-state index contributed by atoms with van der Waals surface area (Å²) in [6, 6.07) is 13.4. The van der Waals surface area contributed by atoms with Crippen molar-refractivity contribution in [3.8, 4) is 0 Å². The summed E-state index contributed by atoms with van der Waals surface area (Å²) in [5.74, 6) is 0.615. The van der Waals surface area contributed by atoms with Gasteiger partial charge in [-0.1, -0.05) is 93.7 Å². The van der Waals surface area contributed by atoms with Crippen LogP contribution >= 0.6 is 0 Å². The number of rotatable bonds is 12. The number of hydrogen-bond acceptors (Lipinski definition) is 1. The van der Waals surface area contributed by atoms with E-state index in [4.69, 9.17) is 4.98 Å². The van der Waals surface area contributed by atoms with Crippen molar-refractivity contribution in [3.05, 3.63) is 114 Å². The van der Waals surface area contributed by atoms with Crippen molar-refractivity contribution < 1.29 is 51.4 Å². The predicted molar refractivity (Wildman–Crippen MR) is 182 cm³/mol. The second-order valence-electron chi connectivity index (χ2n) is 12.5. The average Bonchev–Trinajstić information content (AvgIpc) is 2.97. The van der Waals surface area contributed by atoms with E-state index in [0.29, 0.717) is 5.92 Å². The summed E-state index contributed by atoms with van der Waals surface area (Å²) in [7, 11) is 0. The smallest absolute Gasteiger partial charge is 0.343 e. The van der Waals surface area contributed by atoms with Gasteiger partial charge in [-0.25, -0.2) is 0 Å². The first kappa shape index (κ1) is 36.9. The maximum Gasteiger partial charge on any atom is 1.00 e. The molecule has 0 saturated heterocycles. The zero-order valence-electron chi connectivity index (χ0n) is 27.8. The van der Waals surface area contributed by atoms with Gasteiger partial charge in [-0.05, 0) is 115 Å². The Kier molecular flexibility index (Phi) is 15.7. The molecule has 0 atom stereocenters. The van der Waals surface area contributed by atoms with E-state index in [2.05, 4.69) is 123 Å². The van der Waals surface area contributed by atoms with Gasteiger partial charge in [-0.3, -0.25) is 4.98 Å². The zero-order chi connectivity index (χ0) is 30.0. The molecule has 0 fully saturated rings. The van der Waals surface area contributed by atoms with Crippen LogP contribution in [0.25, 0.3) is 22.8 Å². The SMILES string of the molecule is C=C/C(C1=CCC(C[CH2-])(C[CH2-])CC1)=c1/ccc(C(/C=C(/C)CC(C)C)=C(/C)c2cccc(C)n2)c/c1=C/CCCC.[K+]. The first-order valence-electron chi connectivity index (χ1n) is 15.7. The molecule has 42 heavy (non-hydrogen) atoms. The monoisotopic (exact) mass is 586 g/mol. The number of aryl methyl sites for hydroxylation is 1. The Morgan fingerprint density at radius 3 is 2.43 bits per heavy atom. The van der Waals surface area contributed by atoms with Gasteiger partial charge < -0.3 is 13.8 Å². The fourth-order valence-electron chi connectivity index (χ4n) is 6.03. The molecule has 0 N–H and O–H groups in total. The Hall–Kier alpha value is -1.29. The van der Waals surface area contributed by atoms with E-state index in [0.717, 1.165) is 56.3 Å². The fourth-order valence-corrected chi connectivity index (χ4v) is 6.03. The van der Waals surface area contributed by atoms with Gasteiger partial charge in [0.15, 0.2) is 0 Å². The summed E-state index contributed by atoms with van der Waals surface area (Å²) in [5.41, 5.74) is 10.1. The average molecular weight is 587 g/mol. The normalized spacial score (nSPS) is 16.9. The van der Waals surface area contributed by atoms with E-state index in [9.17, 15) is 0 Å². The van der Waals surface area contributed by atoms with Crippen molar-refractivity contribution in [2.45, 2.75) is 99.3 Å². The molecule has 1 heterocycles. The molecule has 1 aromatic heterocycles. The van der Waals surface area contributed by atoms with Crippen LogP contribution < -0.4 is 61.8 Å². The van der Waals surface area contributed by atoms with Gasteiger partial charge in [0.25, 0.3) is 0 Å². The Morgan fingerprint density at radius 1 is 1.12 bits per heavy atom. The van der Waals surface area contributed by atoms with Crippen molar-refractivity contribution in [2.24, 2.45) is 11.3 Å². The number of aromatic nitrogens is 1. The summed E-state index contributed by atoms with van der Waals surface area (Å²) >= 11 is 0. The molecule has 1 aliphatic rings. The quantitative estimate of drug-likeness (QED) is 0.111. The Morgan fingerprint density at radius 2 is 1.86 bits per heavy atom. The number of unbranched alkanes of at least 4 members (excludes halogenated alkanes) is 2. The number of allylic oxidation sites excluding steroid dienone is 7. The Bertz CT molecular complexity index is 1410. The minimum atomic E-state index is 0. The molecule has 1 aromatic carbocycles. The van der Waals surface area contributed by atoms with Gasteiger partial charge in [-0.2, -0.15) is 12.8 Å². The Labute approximate surface area is 300 Å². The van der Waals surface area contributed by atoms with Crippen LogP contribution in [0.1, 0.15) is 109 Å². The molecule has 2 aromatic rings. The van der Waals surface area contributed by atoms with Gasteiger partial charge in [0, 0.05) is 5.69 Å². The largest absolute Gasteiger partial charge is 1.00 e. The van der Waals surface area contributed by atoms with Crippen LogP contribution in [0.5, 0.6) is 0 Å². The summed E-state index contributed by atoms with van der Waals surface area (Å²) in [4.78, 5) is 4.89. The summed E-state index contributed by atoms with van der Waals surface area (Å²) in [6.45, 7) is 26.2. The van der Waals surface area contributed by atoms with E-state index < -0.39 is 0 Å².